The molecule has 0 bridgehead atoms. The van der Waals surface area contributed by atoms with Crippen LogP contribution in [0.5, 0.6) is 5.75 Å². The van der Waals surface area contributed by atoms with Crippen LogP contribution < -0.4 is 15.4 Å². The average molecular weight is 386 g/mol. The molecule has 0 fully saturated rings. The number of aliphatic carboxylic acids is 1. The quantitative estimate of drug-likeness (QED) is 0.539. The Kier molecular flexibility index (Phi) is 7.98. The van der Waals surface area contributed by atoms with E-state index in [9.17, 15) is 14.4 Å². The van der Waals surface area contributed by atoms with Gasteiger partial charge >= 0.3 is 5.97 Å². The molecule has 2 amide bonds. The van der Waals surface area contributed by atoms with Crippen LogP contribution in [0.3, 0.4) is 0 Å². The zero-order valence-electron chi connectivity index (χ0n) is 15.4. The Hall–Kier alpha value is -3.39. The van der Waals surface area contributed by atoms with Gasteiger partial charge in [0.1, 0.15) is 18.9 Å². The van der Waals surface area contributed by atoms with Crippen molar-refractivity contribution < 1.29 is 29.0 Å². The second kappa shape index (κ2) is 10.7. The minimum atomic E-state index is -1.13. The number of hydrogen-bond acceptors (Lipinski definition) is 5. The molecule has 0 saturated carbocycles. The van der Waals surface area contributed by atoms with Gasteiger partial charge in [0.25, 0.3) is 11.8 Å². The molecule has 28 heavy (non-hydrogen) atoms. The number of amides is 2. The predicted octanol–water partition coefficient (Wildman–Crippen LogP) is 2.17. The van der Waals surface area contributed by atoms with Crippen LogP contribution in [-0.2, 0) is 9.53 Å². The van der Waals surface area contributed by atoms with E-state index < -0.39 is 18.4 Å². The van der Waals surface area contributed by atoms with E-state index in [0.29, 0.717) is 42.4 Å². The number of rotatable bonds is 10. The number of para-hydroxylation sites is 1. The van der Waals surface area contributed by atoms with Gasteiger partial charge < -0.3 is 25.2 Å². The smallest absolute Gasteiger partial charge is 0.322 e. The van der Waals surface area contributed by atoms with E-state index in [4.69, 9.17) is 14.6 Å². The van der Waals surface area contributed by atoms with Gasteiger partial charge in [-0.2, -0.15) is 0 Å². The molecule has 0 unspecified atom stereocenters. The summed E-state index contributed by atoms with van der Waals surface area (Å²) in [7, 11) is 0. The van der Waals surface area contributed by atoms with E-state index in [-0.39, 0.29) is 5.91 Å². The summed E-state index contributed by atoms with van der Waals surface area (Å²) < 4.78 is 10.8. The first kappa shape index (κ1) is 20.9. The molecule has 0 aliphatic heterocycles. The number of ether oxygens (including phenoxy) is 2. The van der Waals surface area contributed by atoms with E-state index in [1.165, 1.54) is 12.1 Å². The van der Waals surface area contributed by atoms with Crippen LogP contribution in [0.2, 0.25) is 0 Å². The number of anilines is 1. The summed E-state index contributed by atoms with van der Waals surface area (Å²) in [6.07, 6.45) is 0. The number of benzene rings is 2. The second-order valence-electron chi connectivity index (χ2n) is 5.65. The molecule has 148 valence electrons. The van der Waals surface area contributed by atoms with Gasteiger partial charge in [-0.3, -0.25) is 14.4 Å². The normalized spacial score (nSPS) is 10.2. The predicted molar refractivity (Wildman–Crippen MR) is 103 cm³/mol. The van der Waals surface area contributed by atoms with Gasteiger partial charge in [-0.25, -0.2) is 0 Å². The summed E-state index contributed by atoms with van der Waals surface area (Å²) in [5.41, 5.74) is 1.16. The van der Waals surface area contributed by atoms with E-state index in [0.717, 1.165) is 0 Å². The lowest BCUT2D eigenvalue weighted by molar-refractivity contribution is -0.135. The van der Waals surface area contributed by atoms with Gasteiger partial charge in [0.2, 0.25) is 0 Å². The summed E-state index contributed by atoms with van der Waals surface area (Å²) in [4.78, 5) is 34.9. The third kappa shape index (κ3) is 6.40. The first-order chi connectivity index (χ1) is 13.5. The van der Waals surface area contributed by atoms with Gasteiger partial charge in [-0.05, 0) is 43.3 Å². The molecule has 0 aliphatic rings. The molecule has 0 aliphatic carbocycles. The number of carboxylic acids is 1. The van der Waals surface area contributed by atoms with Crippen LogP contribution in [0, 0.1) is 0 Å². The Morgan fingerprint density at radius 2 is 1.68 bits per heavy atom. The molecule has 2 aromatic rings. The average Bonchev–Trinajstić information content (AvgIpc) is 2.70. The highest BCUT2D eigenvalue weighted by molar-refractivity contribution is 6.06. The largest absolute Gasteiger partial charge is 0.490 e. The maximum atomic E-state index is 12.6. The highest BCUT2D eigenvalue weighted by Gasteiger charge is 2.13. The van der Waals surface area contributed by atoms with Crippen molar-refractivity contribution in [1.29, 1.82) is 0 Å². The van der Waals surface area contributed by atoms with Gasteiger partial charge in [-0.1, -0.05) is 12.1 Å². The third-order valence-corrected chi connectivity index (χ3v) is 3.63. The summed E-state index contributed by atoms with van der Waals surface area (Å²) in [6.45, 7) is 2.78. The molecule has 0 radical (unpaired) electrons. The molecule has 0 saturated heterocycles. The minimum absolute atomic E-state index is 0.291. The highest BCUT2D eigenvalue weighted by atomic mass is 16.5. The fourth-order valence-electron chi connectivity index (χ4n) is 2.30. The van der Waals surface area contributed by atoms with Crippen molar-refractivity contribution in [2.75, 3.05) is 31.7 Å². The van der Waals surface area contributed by atoms with Crippen LogP contribution in [0.1, 0.15) is 27.6 Å². The van der Waals surface area contributed by atoms with E-state index in [1.54, 1.807) is 36.4 Å². The minimum Gasteiger partial charge on any atom is -0.490 e. The number of carbonyl (C=O) groups excluding carboxylic acids is 2. The molecule has 0 spiro atoms. The van der Waals surface area contributed by atoms with E-state index in [2.05, 4.69) is 10.6 Å². The summed E-state index contributed by atoms with van der Waals surface area (Å²) in [5, 5.41) is 13.6. The van der Waals surface area contributed by atoms with Crippen molar-refractivity contribution in [1.82, 2.24) is 5.32 Å². The Bertz CT molecular complexity index is 820. The third-order valence-electron chi connectivity index (χ3n) is 3.63. The van der Waals surface area contributed by atoms with Crippen LogP contribution >= 0.6 is 0 Å². The van der Waals surface area contributed by atoms with Gasteiger partial charge in [0, 0.05) is 17.9 Å². The molecule has 0 heterocycles. The summed E-state index contributed by atoms with van der Waals surface area (Å²) >= 11 is 0. The molecule has 8 nitrogen and oxygen atoms in total. The zero-order chi connectivity index (χ0) is 20.4. The fraction of sp³-hybridized carbons (Fsp3) is 0.250. The van der Waals surface area contributed by atoms with Gasteiger partial charge in [0.15, 0.2) is 0 Å². The van der Waals surface area contributed by atoms with Crippen molar-refractivity contribution in [3.8, 4) is 5.75 Å². The SMILES string of the molecule is CCOCCOc1ccccc1C(=O)Nc1ccc(C(=O)NCC(=O)O)cc1. The Balaban J connectivity index is 1.99. The van der Waals surface area contributed by atoms with Crippen LogP contribution in [-0.4, -0.2) is 49.3 Å². The fourth-order valence-corrected chi connectivity index (χ4v) is 2.30. The topological polar surface area (TPSA) is 114 Å². The maximum absolute atomic E-state index is 12.6. The number of hydrogen-bond donors (Lipinski definition) is 3. The number of carboxylic acid groups (broad SMARTS) is 1. The Morgan fingerprint density at radius 1 is 0.964 bits per heavy atom. The Labute approximate surface area is 162 Å². The van der Waals surface area contributed by atoms with E-state index in [1.807, 2.05) is 6.92 Å². The number of carbonyl (C=O) groups is 3. The molecular weight excluding hydrogens is 364 g/mol. The Morgan fingerprint density at radius 3 is 2.36 bits per heavy atom. The standard InChI is InChI=1S/C20H22N2O6/c1-2-27-11-12-28-17-6-4-3-5-16(17)20(26)22-15-9-7-14(8-10-15)19(25)21-13-18(23)24/h3-10H,2,11-13H2,1H3,(H,21,25)(H,22,26)(H,23,24). The monoisotopic (exact) mass is 386 g/mol. The number of nitrogens with one attached hydrogen (secondary N) is 2. The second-order valence-corrected chi connectivity index (χ2v) is 5.65. The molecule has 0 aromatic heterocycles. The summed E-state index contributed by atoms with van der Waals surface area (Å²) in [6, 6.07) is 13.0. The van der Waals surface area contributed by atoms with Crippen molar-refractivity contribution in [2.24, 2.45) is 0 Å². The van der Waals surface area contributed by atoms with Crippen molar-refractivity contribution in [3.63, 3.8) is 0 Å². The lowest BCUT2D eigenvalue weighted by Gasteiger charge is -2.12. The van der Waals surface area contributed by atoms with Crippen LogP contribution in [0.15, 0.2) is 48.5 Å². The van der Waals surface area contributed by atoms with Gasteiger partial charge in [0.05, 0.1) is 12.2 Å². The molecule has 2 aromatic carbocycles. The van der Waals surface area contributed by atoms with Crippen molar-refractivity contribution in [2.45, 2.75) is 6.92 Å². The molecule has 3 N–H and O–H groups in total. The summed E-state index contributed by atoms with van der Waals surface area (Å²) in [5.74, 6) is -1.54. The van der Waals surface area contributed by atoms with E-state index >= 15 is 0 Å². The van der Waals surface area contributed by atoms with Crippen LogP contribution in [0.25, 0.3) is 0 Å². The molecule has 2 rings (SSSR count). The first-order valence-corrected chi connectivity index (χ1v) is 8.72. The van der Waals surface area contributed by atoms with Crippen molar-refractivity contribution >= 4 is 23.5 Å². The highest BCUT2D eigenvalue weighted by Crippen LogP contribution is 2.20. The zero-order valence-corrected chi connectivity index (χ0v) is 15.4. The van der Waals surface area contributed by atoms with Crippen molar-refractivity contribution in [3.05, 3.63) is 59.7 Å². The lowest BCUT2D eigenvalue weighted by atomic mass is 10.1. The maximum Gasteiger partial charge on any atom is 0.322 e. The molecule has 0 atom stereocenters. The lowest BCUT2D eigenvalue weighted by Crippen LogP contribution is -2.29. The van der Waals surface area contributed by atoms with Gasteiger partial charge in [-0.15, -0.1) is 0 Å². The first-order valence-electron chi connectivity index (χ1n) is 8.72. The van der Waals surface area contributed by atoms with Crippen LogP contribution in [0.4, 0.5) is 5.69 Å². The molecule has 8 heteroatoms. The molecular formula is C20H22N2O6.